The van der Waals surface area contributed by atoms with Crippen molar-refractivity contribution in [2.45, 2.75) is 24.5 Å². The number of nitrogens with zero attached hydrogens (tertiary/aromatic N) is 2. The Morgan fingerprint density at radius 3 is 3.08 bits per heavy atom. The van der Waals surface area contributed by atoms with Crippen molar-refractivity contribution in [1.82, 2.24) is 10.6 Å². The number of hydrogen-bond donors (Lipinski definition) is 2. The molecule has 2 aliphatic rings. The summed E-state index contributed by atoms with van der Waals surface area (Å²) in [5.74, 6) is 2.90. The summed E-state index contributed by atoms with van der Waals surface area (Å²) >= 11 is 2.03. The standard InChI is InChI=1S/C18H26N4O2S/c1-19-18(21-12-14-6-4-11-25-14)20-9-5-10-22-15-7-2-3-8-16(15)24-13-17(22)23/h2-3,7-8,14H,4-6,9-13H2,1H3,(H2,19,20,21). The molecule has 7 heteroatoms. The molecule has 25 heavy (non-hydrogen) atoms. The third-order valence-corrected chi connectivity index (χ3v) is 5.80. The maximum absolute atomic E-state index is 12.1. The number of aliphatic imine (C=N–C) groups is 1. The summed E-state index contributed by atoms with van der Waals surface area (Å²) < 4.78 is 5.47. The topological polar surface area (TPSA) is 66.0 Å². The summed E-state index contributed by atoms with van der Waals surface area (Å²) in [6.45, 7) is 2.51. The van der Waals surface area contributed by atoms with Crippen molar-refractivity contribution in [3.63, 3.8) is 0 Å². The molecule has 1 fully saturated rings. The van der Waals surface area contributed by atoms with E-state index < -0.39 is 0 Å². The van der Waals surface area contributed by atoms with Crippen LogP contribution in [0.3, 0.4) is 0 Å². The van der Waals surface area contributed by atoms with Crippen LogP contribution in [0.4, 0.5) is 5.69 Å². The maximum Gasteiger partial charge on any atom is 0.265 e. The fourth-order valence-electron chi connectivity index (χ4n) is 3.08. The fourth-order valence-corrected chi connectivity index (χ4v) is 4.28. The molecule has 0 spiro atoms. The molecule has 1 aromatic rings. The number of hydrogen-bond acceptors (Lipinski definition) is 4. The second-order valence-electron chi connectivity index (χ2n) is 6.17. The molecule has 3 rings (SSSR count). The molecule has 2 heterocycles. The van der Waals surface area contributed by atoms with Crippen LogP contribution in [0.25, 0.3) is 0 Å². The van der Waals surface area contributed by atoms with Gasteiger partial charge in [0.25, 0.3) is 5.91 Å². The summed E-state index contributed by atoms with van der Waals surface area (Å²) in [5.41, 5.74) is 0.861. The molecule has 2 aliphatic heterocycles. The third kappa shape index (κ3) is 4.81. The van der Waals surface area contributed by atoms with Gasteiger partial charge in [-0.25, -0.2) is 0 Å². The first kappa shape index (κ1) is 17.9. The zero-order valence-electron chi connectivity index (χ0n) is 14.7. The van der Waals surface area contributed by atoms with Gasteiger partial charge in [0.2, 0.25) is 0 Å². The molecule has 1 unspecified atom stereocenters. The first-order valence-electron chi connectivity index (χ1n) is 8.86. The van der Waals surface area contributed by atoms with Gasteiger partial charge >= 0.3 is 0 Å². The fraction of sp³-hybridized carbons (Fsp3) is 0.556. The minimum absolute atomic E-state index is 0.0134. The van der Waals surface area contributed by atoms with Crippen molar-refractivity contribution in [1.29, 1.82) is 0 Å². The Balaban J connectivity index is 1.42. The van der Waals surface area contributed by atoms with Crippen LogP contribution in [0.2, 0.25) is 0 Å². The largest absolute Gasteiger partial charge is 0.482 e. The molecule has 1 atom stereocenters. The van der Waals surface area contributed by atoms with E-state index >= 15 is 0 Å². The molecule has 0 aromatic heterocycles. The molecule has 136 valence electrons. The van der Waals surface area contributed by atoms with Gasteiger partial charge in [-0.3, -0.25) is 9.79 Å². The van der Waals surface area contributed by atoms with Gasteiger partial charge in [-0.05, 0) is 37.1 Å². The van der Waals surface area contributed by atoms with Gasteiger partial charge in [-0.2, -0.15) is 11.8 Å². The van der Waals surface area contributed by atoms with E-state index in [0.29, 0.717) is 11.8 Å². The first-order valence-corrected chi connectivity index (χ1v) is 9.91. The molecule has 6 nitrogen and oxygen atoms in total. The van der Waals surface area contributed by atoms with Gasteiger partial charge in [0.15, 0.2) is 12.6 Å². The number of fused-ring (bicyclic) bond motifs is 1. The average molecular weight is 362 g/mol. The molecule has 1 aromatic carbocycles. The molecular formula is C18H26N4O2S. The number of anilines is 1. The summed E-state index contributed by atoms with van der Waals surface area (Å²) in [4.78, 5) is 18.2. The smallest absolute Gasteiger partial charge is 0.265 e. The van der Waals surface area contributed by atoms with Gasteiger partial charge in [0.1, 0.15) is 5.75 Å². The monoisotopic (exact) mass is 362 g/mol. The Morgan fingerprint density at radius 1 is 1.40 bits per heavy atom. The van der Waals surface area contributed by atoms with Crippen LogP contribution in [0.1, 0.15) is 19.3 Å². The quantitative estimate of drug-likeness (QED) is 0.459. The Morgan fingerprint density at radius 2 is 2.28 bits per heavy atom. The van der Waals surface area contributed by atoms with Gasteiger partial charge in [-0.1, -0.05) is 12.1 Å². The number of amides is 1. The Bertz CT molecular complexity index is 617. The lowest BCUT2D eigenvalue weighted by Crippen LogP contribution is -2.43. The highest BCUT2D eigenvalue weighted by Crippen LogP contribution is 2.31. The Labute approximate surface area is 153 Å². The lowest BCUT2D eigenvalue weighted by Gasteiger charge is -2.29. The lowest BCUT2D eigenvalue weighted by molar-refractivity contribution is -0.121. The van der Waals surface area contributed by atoms with Crippen LogP contribution in [-0.4, -0.2) is 56.2 Å². The number of nitrogens with one attached hydrogen (secondary N) is 2. The summed E-state index contributed by atoms with van der Waals surface area (Å²) in [7, 11) is 1.79. The molecule has 0 saturated carbocycles. The van der Waals surface area contributed by atoms with E-state index in [1.807, 2.05) is 40.9 Å². The average Bonchev–Trinajstić information content (AvgIpc) is 3.16. The number of benzene rings is 1. The van der Waals surface area contributed by atoms with Crippen molar-refractivity contribution in [3.05, 3.63) is 24.3 Å². The zero-order valence-corrected chi connectivity index (χ0v) is 15.5. The van der Waals surface area contributed by atoms with E-state index in [0.717, 1.165) is 36.9 Å². The van der Waals surface area contributed by atoms with E-state index in [4.69, 9.17) is 4.74 Å². The number of ether oxygens (including phenoxy) is 1. The Hall–Kier alpha value is -1.89. The molecule has 2 N–H and O–H groups in total. The van der Waals surface area contributed by atoms with Crippen molar-refractivity contribution in [2.24, 2.45) is 4.99 Å². The zero-order chi connectivity index (χ0) is 17.5. The molecule has 1 amide bonds. The van der Waals surface area contributed by atoms with Crippen molar-refractivity contribution in [2.75, 3.05) is 43.9 Å². The van der Waals surface area contributed by atoms with Crippen LogP contribution in [0, 0.1) is 0 Å². The van der Waals surface area contributed by atoms with Gasteiger partial charge in [0.05, 0.1) is 5.69 Å². The normalized spacial score (nSPS) is 20.2. The van der Waals surface area contributed by atoms with Gasteiger partial charge < -0.3 is 20.3 Å². The minimum Gasteiger partial charge on any atom is -0.482 e. The summed E-state index contributed by atoms with van der Waals surface area (Å²) in [6, 6.07) is 7.69. The van der Waals surface area contributed by atoms with Crippen LogP contribution in [0.15, 0.2) is 29.3 Å². The lowest BCUT2D eigenvalue weighted by atomic mass is 10.2. The molecular weight excluding hydrogens is 336 g/mol. The number of carbonyl (C=O) groups is 1. The van der Waals surface area contributed by atoms with Crippen LogP contribution in [-0.2, 0) is 4.79 Å². The van der Waals surface area contributed by atoms with E-state index in [2.05, 4.69) is 15.6 Å². The highest BCUT2D eigenvalue weighted by atomic mass is 32.2. The van der Waals surface area contributed by atoms with Crippen molar-refractivity contribution >= 4 is 29.3 Å². The van der Waals surface area contributed by atoms with E-state index in [1.165, 1.54) is 18.6 Å². The number of carbonyl (C=O) groups excluding carboxylic acids is 1. The number of guanidine groups is 1. The first-order chi connectivity index (χ1) is 12.3. The Kier molecular flexibility index (Phi) is 6.44. The van der Waals surface area contributed by atoms with Crippen LogP contribution in [0.5, 0.6) is 5.75 Å². The van der Waals surface area contributed by atoms with Crippen LogP contribution >= 0.6 is 11.8 Å². The number of thioether (sulfide) groups is 1. The van der Waals surface area contributed by atoms with E-state index in [-0.39, 0.29) is 12.5 Å². The second-order valence-corrected chi connectivity index (χ2v) is 7.58. The van der Waals surface area contributed by atoms with Gasteiger partial charge in [-0.15, -0.1) is 0 Å². The highest BCUT2D eigenvalue weighted by Gasteiger charge is 2.24. The third-order valence-electron chi connectivity index (χ3n) is 4.40. The molecule has 0 radical (unpaired) electrons. The number of para-hydroxylation sites is 2. The summed E-state index contributed by atoms with van der Waals surface area (Å²) in [5, 5.41) is 7.42. The predicted molar refractivity (Wildman–Crippen MR) is 104 cm³/mol. The summed E-state index contributed by atoms with van der Waals surface area (Å²) in [6.07, 6.45) is 3.45. The molecule has 0 aliphatic carbocycles. The minimum atomic E-state index is 0.0134. The van der Waals surface area contributed by atoms with Crippen LogP contribution < -0.4 is 20.3 Å². The van der Waals surface area contributed by atoms with E-state index in [1.54, 1.807) is 7.05 Å². The van der Waals surface area contributed by atoms with Gasteiger partial charge in [0, 0.05) is 31.9 Å². The van der Waals surface area contributed by atoms with Crippen molar-refractivity contribution in [3.8, 4) is 5.75 Å². The second kappa shape index (κ2) is 8.99. The highest BCUT2D eigenvalue weighted by molar-refractivity contribution is 8.00. The SMILES string of the molecule is CN=C(NCCCN1C(=O)COc2ccccc21)NCC1CCCS1. The van der Waals surface area contributed by atoms with Crippen molar-refractivity contribution < 1.29 is 9.53 Å². The number of rotatable bonds is 6. The maximum atomic E-state index is 12.1. The molecule has 1 saturated heterocycles. The molecule has 0 bridgehead atoms. The predicted octanol–water partition coefficient (Wildman–Crippen LogP) is 1.86. The van der Waals surface area contributed by atoms with E-state index in [9.17, 15) is 4.79 Å².